The summed E-state index contributed by atoms with van der Waals surface area (Å²) in [5.41, 5.74) is 0.721. The number of rotatable bonds is 6. The van der Waals surface area contributed by atoms with Gasteiger partial charge in [0.25, 0.3) is 0 Å². The molecule has 0 unspecified atom stereocenters. The van der Waals surface area contributed by atoms with Gasteiger partial charge in [-0.1, -0.05) is 19.1 Å². The summed E-state index contributed by atoms with van der Waals surface area (Å²) in [6.07, 6.45) is 1.54. The van der Waals surface area contributed by atoms with E-state index in [1.165, 1.54) is 0 Å². The molecule has 2 aromatic carbocycles. The minimum atomic E-state index is -4.12. The monoisotopic (exact) mass is 386 g/mol. The van der Waals surface area contributed by atoms with E-state index in [2.05, 4.69) is 5.32 Å². The summed E-state index contributed by atoms with van der Waals surface area (Å²) < 4.78 is 64.6. The van der Waals surface area contributed by atoms with Crippen molar-refractivity contribution in [2.45, 2.75) is 13.3 Å². The Balaban J connectivity index is 2.26. The number of carbonyl (C=O) groups is 1. The molecule has 0 saturated heterocycles. The fourth-order valence-electron chi connectivity index (χ4n) is 2.24. The number of halogens is 3. The topological polar surface area (TPSA) is 66.5 Å². The van der Waals surface area contributed by atoms with Crippen molar-refractivity contribution in [3.05, 3.63) is 59.4 Å². The molecule has 0 spiro atoms. The van der Waals surface area contributed by atoms with E-state index in [1.54, 1.807) is 24.3 Å². The standard InChI is InChI=1S/C17H17F3N2O3S/c1-3-11-4-6-12(7-5-11)21-15(23)10-22(26(2,24)25)14-9-8-13(18)16(19)17(14)20/h4-9H,3,10H2,1-2H3,(H,21,23). The molecule has 5 nitrogen and oxygen atoms in total. The highest BCUT2D eigenvalue weighted by Crippen LogP contribution is 2.25. The maximum atomic E-state index is 14.0. The van der Waals surface area contributed by atoms with Crippen molar-refractivity contribution in [3.8, 4) is 0 Å². The zero-order valence-corrected chi connectivity index (χ0v) is 14.9. The number of hydrogen-bond acceptors (Lipinski definition) is 3. The minimum absolute atomic E-state index is 0.376. The molecule has 1 N–H and O–H groups in total. The number of amides is 1. The van der Waals surface area contributed by atoms with E-state index < -0.39 is 45.6 Å². The van der Waals surface area contributed by atoms with Gasteiger partial charge in [-0.3, -0.25) is 9.10 Å². The van der Waals surface area contributed by atoms with Crippen molar-refractivity contribution < 1.29 is 26.4 Å². The molecule has 1 amide bonds. The Morgan fingerprint density at radius 3 is 2.19 bits per heavy atom. The lowest BCUT2D eigenvalue weighted by atomic mass is 10.1. The summed E-state index contributed by atoms with van der Waals surface area (Å²) >= 11 is 0. The summed E-state index contributed by atoms with van der Waals surface area (Å²) in [6, 6.07) is 8.21. The van der Waals surface area contributed by atoms with E-state index in [-0.39, 0.29) is 0 Å². The van der Waals surface area contributed by atoms with Crippen molar-refractivity contribution in [2.75, 3.05) is 22.4 Å². The van der Waals surface area contributed by atoms with Crippen LogP contribution in [0.4, 0.5) is 24.5 Å². The van der Waals surface area contributed by atoms with Crippen molar-refractivity contribution in [3.63, 3.8) is 0 Å². The highest BCUT2D eigenvalue weighted by atomic mass is 32.2. The molecule has 2 aromatic rings. The Morgan fingerprint density at radius 1 is 1.04 bits per heavy atom. The van der Waals surface area contributed by atoms with Crippen molar-refractivity contribution in [1.82, 2.24) is 0 Å². The van der Waals surface area contributed by atoms with Crippen LogP contribution in [0.3, 0.4) is 0 Å². The first-order valence-electron chi connectivity index (χ1n) is 7.63. The third kappa shape index (κ3) is 4.54. The van der Waals surface area contributed by atoms with Gasteiger partial charge in [-0.25, -0.2) is 21.6 Å². The van der Waals surface area contributed by atoms with Crippen LogP contribution in [0.25, 0.3) is 0 Å². The van der Waals surface area contributed by atoms with Gasteiger partial charge in [0.05, 0.1) is 11.9 Å². The molecule has 0 heterocycles. The molecular formula is C17H17F3N2O3S. The van der Waals surface area contributed by atoms with Gasteiger partial charge in [0, 0.05) is 5.69 Å². The number of nitrogens with one attached hydrogen (secondary N) is 1. The van der Waals surface area contributed by atoms with Gasteiger partial charge in [-0.2, -0.15) is 0 Å². The van der Waals surface area contributed by atoms with Crippen LogP contribution in [0.15, 0.2) is 36.4 Å². The van der Waals surface area contributed by atoms with Crippen LogP contribution in [0.2, 0.25) is 0 Å². The molecular weight excluding hydrogens is 369 g/mol. The molecule has 0 radical (unpaired) electrons. The van der Waals surface area contributed by atoms with Crippen LogP contribution in [0.5, 0.6) is 0 Å². The lowest BCUT2D eigenvalue weighted by Gasteiger charge is -2.22. The molecule has 0 aliphatic rings. The van der Waals surface area contributed by atoms with Gasteiger partial charge in [0.2, 0.25) is 15.9 Å². The Bertz CT molecular complexity index is 916. The molecule has 0 atom stereocenters. The van der Waals surface area contributed by atoms with E-state index in [9.17, 15) is 26.4 Å². The summed E-state index contributed by atoms with van der Waals surface area (Å²) in [6.45, 7) is 1.17. The second kappa shape index (κ2) is 7.77. The van der Waals surface area contributed by atoms with E-state index >= 15 is 0 Å². The van der Waals surface area contributed by atoms with Crippen LogP contribution in [0.1, 0.15) is 12.5 Å². The Morgan fingerprint density at radius 2 is 1.65 bits per heavy atom. The molecule has 0 saturated carbocycles. The van der Waals surface area contributed by atoms with E-state index in [0.29, 0.717) is 16.1 Å². The van der Waals surface area contributed by atoms with Crippen LogP contribution in [-0.4, -0.2) is 27.1 Å². The summed E-state index contributed by atoms with van der Waals surface area (Å²) in [7, 11) is -4.12. The SMILES string of the molecule is CCc1ccc(NC(=O)CN(c2ccc(F)c(F)c2F)S(C)(=O)=O)cc1. The highest BCUT2D eigenvalue weighted by molar-refractivity contribution is 7.92. The normalized spacial score (nSPS) is 11.3. The fourth-order valence-corrected chi connectivity index (χ4v) is 3.09. The van der Waals surface area contributed by atoms with E-state index in [1.807, 2.05) is 6.92 Å². The number of aryl methyl sites for hydroxylation is 1. The average Bonchev–Trinajstić information content (AvgIpc) is 2.58. The second-order valence-corrected chi connectivity index (χ2v) is 7.47. The molecule has 140 valence electrons. The van der Waals surface area contributed by atoms with Gasteiger partial charge in [0.1, 0.15) is 6.54 Å². The lowest BCUT2D eigenvalue weighted by Crippen LogP contribution is -2.38. The van der Waals surface area contributed by atoms with Gasteiger partial charge < -0.3 is 5.32 Å². The highest BCUT2D eigenvalue weighted by Gasteiger charge is 2.26. The van der Waals surface area contributed by atoms with Crippen LogP contribution >= 0.6 is 0 Å². The van der Waals surface area contributed by atoms with Gasteiger partial charge in [-0.15, -0.1) is 0 Å². The number of benzene rings is 2. The lowest BCUT2D eigenvalue weighted by molar-refractivity contribution is -0.114. The molecule has 0 aromatic heterocycles. The largest absolute Gasteiger partial charge is 0.325 e. The van der Waals surface area contributed by atoms with Gasteiger partial charge >= 0.3 is 0 Å². The Labute approximate surface area is 149 Å². The molecule has 9 heteroatoms. The number of nitrogens with zero attached hydrogens (tertiary/aromatic N) is 1. The predicted molar refractivity (Wildman–Crippen MR) is 93.0 cm³/mol. The maximum Gasteiger partial charge on any atom is 0.245 e. The third-order valence-electron chi connectivity index (χ3n) is 3.62. The molecule has 0 aliphatic carbocycles. The average molecular weight is 386 g/mol. The molecule has 2 rings (SSSR count). The molecule has 26 heavy (non-hydrogen) atoms. The third-order valence-corrected chi connectivity index (χ3v) is 4.74. The van der Waals surface area contributed by atoms with Crippen LogP contribution in [0, 0.1) is 17.5 Å². The zero-order chi connectivity index (χ0) is 19.5. The number of hydrogen-bond donors (Lipinski definition) is 1. The zero-order valence-electron chi connectivity index (χ0n) is 14.1. The second-order valence-electron chi connectivity index (χ2n) is 5.56. The Hall–Kier alpha value is -2.55. The van der Waals surface area contributed by atoms with Crippen molar-refractivity contribution in [2.24, 2.45) is 0 Å². The maximum absolute atomic E-state index is 14.0. The van der Waals surface area contributed by atoms with Gasteiger partial charge in [0.15, 0.2) is 17.5 Å². The van der Waals surface area contributed by atoms with Crippen LogP contribution < -0.4 is 9.62 Å². The van der Waals surface area contributed by atoms with Crippen LogP contribution in [-0.2, 0) is 21.2 Å². The predicted octanol–water partition coefficient (Wildman–Crippen LogP) is 3.07. The van der Waals surface area contributed by atoms with Gasteiger partial charge in [-0.05, 0) is 36.2 Å². The first-order chi connectivity index (χ1) is 12.1. The fraction of sp³-hybridized carbons (Fsp3) is 0.235. The number of sulfonamides is 1. The summed E-state index contributed by atoms with van der Waals surface area (Å²) in [5, 5.41) is 2.48. The first-order valence-corrected chi connectivity index (χ1v) is 9.48. The molecule has 0 bridgehead atoms. The number of carbonyl (C=O) groups excluding carboxylic acids is 1. The first kappa shape index (κ1) is 19.8. The number of anilines is 2. The van der Waals surface area contributed by atoms with E-state index in [4.69, 9.17) is 0 Å². The van der Waals surface area contributed by atoms with E-state index in [0.717, 1.165) is 24.3 Å². The molecule has 0 fully saturated rings. The minimum Gasteiger partial charge on any atom is -0.325 e. The summed E-state index contributed by atoms with van der Waals surface area (Å²) in [5.74, 6) is -5.72. The summed E-state index contributed by atoms with van der Waals surface area (Å²) in [4.78, 5) is 12.2. The quantitative estimate of drug-likeness (QED) is 0.776. The molecule has 0 aliphatic heterocycles. The van der Waals surface area contributed by atoms with Crippen molar-refractivity contribution >= 4 is 27.3 Å². The Kier molecular flexibility index (Phi) is 5.91. The smallest absolute Gasteiger partial charge is 0.245 e. The van der Waals surface area contributed by atoms with Crippen molar-refractivity contribution in [1.29, 1.82) is 0 Å².